The van der Waals surface area contributed by atoms with Crippen molar-refractivity contribution in [1.82, 2.24) is 19.7 Å². The van der Waals surface area contributed by atoms with Gasteiger partial charge in [-0.25, -0.2) is 4.98 Å². The average molecular weight is 351 g/mol. The van der Waals surface area contributed by atoms with Gasteiger partial charge in [-0.3, -0.25) is 4.68 Å². The Balaban J connectivity index is 1.84. The molecule has 7 nitrogen and oxygen atoms in total. The highest BCUT2D eigenvalue weighted by molar-refractivity contribution is 5.58. The van der Waals surface area contributed by atoms with Crippen LogP contribution in [0.1, 0.15) is 30.6 Å². The van der Waals surface area contributed by atoms with Crippen LogP contribution in [-0.4, -0.2) is 26.3 Å². The minimum absolute atomic E-state index is 0.0410. The Morgan fingerprint density at radius 3 is 2.76 bits per heavy atom. The van der Waals surface area contributed by atoms with Crippen molar-refractivity contribution in [2.45, 2.75) is 32.5 Å². The maximum Gasteiger partial charge on any atom is 0.421 e. The molecule has 0 bridgehead atoms. The number of aromatic nitrogens is 4. The van der Waals surface area contributed by atoms with Gasteiger partial charge < -0.3 is 10.6 Å². The van der Waals surface area contributed by atoms with Gasteiger partial charge in [0.1, 0.15) is 11.4 Å². The van der Waals surface area contributed by atoms with Crippen molar-refractivity contribution in [3.63, 3.8) is 0 Å². The molecule has 0 radical (unpaired) electrons. The minimum atomic E-state index is -4.53. The number of hydrogen-bond donors (Lipinski definition) is 2. The lowest BCUT2D eigenvalue weighted by atomic mass is 10.3. The lowest BCUT2D eigenvalue weighted by Gasteiger charge is -2.13. The predicted octanol–water partition coefficient (Wildman–Crippen LogP) is 3.26. The van der Waals surface area contributed by atoms with E-state index in [-0.39, 0.29) is 23.7 Å². The molecule has 2 heterocycles. The van der Waals surface area contributed by atoms with Crippen LogP contribution in [0.2, 0.25) is 0 Å². The van der Waals surface area contributed by atoms with E-state index in [1.807, 2.05) is 6.92 Å². The standard InChI is InChI=1S/C15H16F3N7/c1-3-20-13-10(15(16,17)18)6-21-14(24-13)23-11-7-22-25(8(11)2)12-4-9(12)5-19/h6-7,9,12H,3-4H2,1-2H3,(H2,20,21,23,24). The number of rotatable bonds is 5. The molecule has 10 heteroatoms. The molecule has 1 aliphatic carbocycles. The van der Waals surface area contributed by atoms with Crippen molar-refractivity contribution in [3.05, 3.63) is 23.7 Å². The molecule has 1 fully saturated rings. The number of nitrogens with zero attached hydrogens (tertiary/aromatic N) is 5. The van der Waals surface area contributed by atoms with Gasteiger partial charge in [0.2, 0.25) is 5.95 Å². The highest BCUT2D eigenvalue weighted by Gasteiger charge is 2.41. The Bertz CT molecular complexity index is 822. The first-order valence-electron chi connectivity index (χ1n) is 7.74. The number of alkyl halides is 3. The molecule has 1 saturated carbocycles. The molecule has 2 unspecified atom stereocenters. The van der Waals surface area contributed by atoms with Gasteiger partial charge in [0.15, 0.2) is 0 Å². The van der Waals surface area contributed by atoms with Crippen molar-refractivity contribution in [2.75, 3.05) is 17.2 Å². The normalized spacial score (nSPS) is 19.4. The summed E-state index contributed by atoms with van der Waals surface area (Å²) in [5.74, 6) is -0.280. The monoisotopic (exact) mass is 351 g/mol. The van der Waals surface area contributed by atoms with E-state index in [2.05, 4.69) is 31.8 Å². The van der Waals surface area contributed by atoms with Crippen LogP contribution in [0.15, 0.2) is 12.4 Å². The maximum atomic E-state index is 13.0. The summed E-state index contributed by atoms with van der Waals surface area (Å²) < 4.78 is 40.7. The molecule has 0 spiro atoms. The van der Waals surface area contributed by atoms with Crippen molar-refractivity contribution in [2.24, 2.45) is 5.92 Å². The Morgan fingerprint density at radius 1 is 1.40 bits per heavy atom. The molecule has 25 heavy (non-hydrogen) atoms. The van der Waals surface area contributed by atoms with E-state index in [1.54, 1.807) is 17.8 Å². The van der Waals surface area contributed by atoms with E-state index in [9.17, 15) is 13.2 Å². The van der Waals surface area contributed by atoms with Gasteiger partial charge in [-0.1, -0.05) is 0 Å². The third-order valence-corrected chi connectivity index (χ3v) is 3.97. The molecule has 0 aromatic carbocycles. The molecule has 2 N–H and O–H groups in total. The minimum Gasteiger partial charge on any atom is -0.370 e. The van der Waals surface area contributed by atoms with Crippen LogP contribution >= 0.6 is 0 Å². The van der Waals surface area contributed by atoms with E-state index in [0.717, 1.165) is 18.3 Å². The van der Waals surface area contributed by atoms with Crippen molar-refractivity contribution >= 4 is 17.5 Å². The highest BCUT2D eigenvalue weighted by Crippen LogP contribution is 2.43. The molecule has 2 aromatic rings. The summed E-state index contributed by atoms with van der Waals surface area (Å²) in [5.41, 5.74) is 0.448. The number of hydrogen-bond acceptors (Lipinski definition) is 6. The third-order valence-electron chi connectivity index (χ3n) is 3.97. The summed E-state index contributed by atoms with van der Waals surface area (Å²) in [7, 11) is 0. The van der Waals surface area contributed by atoms with Gasteiger partial charge in [0.05, 0.1) is 35.6 Å². The first-order valence-corrected chi connectivity index (χ1v) is 7.74. The second-order valence-corrected chi connectivity index (χ2v) is 5.74. The summed E-state index contributed by atoms with van der Waals surface area (Å²) >= 11 is 0. The van der Waals surface area contributed by atoms with E-state index in [4.69, 9.17) is 5.26 Å². The zero-order chi connectivity index (χ0) is 18.2. The molecular weight excluding hydrogens is 335 g/mol. The topological polar surface area (TPSA) is 91.5 Å². The lowest BCUT2D eigenvalue weighted by Crippen LogP contribution is -2.14. The molecule has 3 rings (SSSR count). The van der Waals surface area contributed by atoms with E-state index in [0.29, 0.717) is 12.2 Å². The summed E-state index contributed by atoms with van der Waals surface area (Å²) in [4.78, 5) is 7.68. The zero-order valence-corrected chi connectivity index (χ0v) is 13.6. The fourth-order valence-electron chi connectivity index (χ4n) is 2.54. The second kappa shape index (κ2) is 6.23. The summed E-state index contributed by atoms with van der Waals surface area (Å²) in [6.07, 6.45) is -1.48. The highest BCUT2D eigenvalue weighted by atomic mass is 19.4. The Labute approximate surface area is 141 Å². The molecule has 0 aliphatic heterocycles. The number of nitrogens with one attached hydrogen (secondary N) is 2. The van der Waals surface area contributed by atoms with Crippen molar-refractivity contribution in [3.8, 4) is 6.07 Å². The molecule has 132 valence electrons. The van der Waals surface area contributed by atoms with E-state index < -0.39 is 11.7 Å². The fraction of sp³-hybridized carbons (Fsp3) is 0.467. The number of nitriles is 1. The third kappa shape index (κ3) is 3.35. The number of anilines is 3. The first kappa shape index (κ1) is 17.0. The fourth-order valence-corrected chi connectivity index (χ4v) is 2.54. The van der Waals surface area contributed by atoms with Gasteiger partial charge in [-0.05, 0) is 20.3 Å². The van der Waals surface area contributed by atoms with Gasteiger partial charge in [0, 0.05) is 12.7 Å². The molecule has 1 aliphatic rings. The molecule has 0 saturated heterocycles. The quantitative estimate of drug-likeness (QED) is 0.859. The van der Waals surface area contributed by atoms with Crippen LogP contribution in [0.3, 0.4) is 0 Å². The van der Waals surface area contributed by atoms with E-state index >= 15 is 0 Å². The molecule has 2 atom stereocenters. The zero-order valence-electron chi connectivity index (χ0n) is 13.6. The predicted molar refractivity (Wildman–Crippen MR) is 84.2 cm³/mol. The van der Waals surface area contributed by atoms with Crippen LogP contribution in [-0.2, 0) is 6.18 Å². The Morgan fingerprint density at radius 2 is 2.16 bits per heavy atom. The van der Waals surface area contributed by atoms with Gasteiger partial charge in [-0.15, -0.1) is 0 Å². The molecular formula is C15H16F3N7. The van der Waals surface area contributed by atoms with Crippen LogP contribution in [0, 0.1) is 24.2 Å². The Hall–Kier alpha value is -2.83. The molecule has 2 aromatic heterocycles. The Kier molecular flexibility index (Phi) is 4.24. The van der Waals surface area contributed by atoms with Crippen LogP contribution in [0.4, 0.5) is 30.6 Å². The largest absolute Gasteiger partial charge is 0.421 e. The summed E-state index contributed by atoms with van der Waals surface area (Å²) in [5, 5.41) is 18.6. The van der Waals surface area contributed by atoms with Crippen LogP contribution < -0.4 is 10.6 Å². The molecule has 0 amide bonds. The van der Waals surface area contributed by atoms with Gasteiger partial charge in [-0.2, -0.15) is 28.5 Å². The average Bonchev–Trinajstić information content (AvgIpc) is 3.25. The summed E-state index contributed by atoms with van der Waals surface area (Å²) in [6.45, 7) is 3.80. The van der Waals surface area contributed by atoms with E-state index in [1.165, 1.54) is 0 Å². The smallest absolute Gasteiger partial charge is 0.370 e. The van der Waals surface area contributed by atoms with Gasteiger partial charge in [0.25, 0.3) is 0 Å². The van der Waals surface area contributed by atoms with Crippen molar-refractivity contribution in [1.29, 1.82) is 5.26 Å². The SMILES string of the molecule is CCNc1nc(Nc2cnn(C3CC3C#N)c2C)ncc1C(F)(F)F. The second-order valence-electron chi connectivity index (χ2n) is 5.74. The lowest BCUT2D eigenvalue weighted by molar-refractivity contribution is -0.137. The van der Waals surface area contributed by atoms with Crippen LogP contribution in [0.5, 0.6) is 0 Å². The maximum absolute atomic E-state index is 13.0. The first-order chi connectivity index (χ1) is 11.8. The summed E-state index contributed by atoms with van der Waals surface area (Å²) in [6, 6.07) is 2.24. The van der Waals surface area contributed by atoms with Crippen LogP contribution in [0.25, 0.3) is 0 Å². The number of halogens is 3. The van der Waals surface area contributed by atoms with Crippen molar-refractivity contribution < 1.29 is 13.2 Å². The van der Waals surface area contributed by atoms with Gasteiger partial charge >= 0.3 is 6.18 Å².